The molecular weight excluding hydrogens is 650 g/mol. The third-order valence-corrected chi connectivity index (χ3v) is 10.5. The number of methoxy groups -OCH3 is 2. The largest absolute Gasteiger partial charge is 0.508 e. The fraction of sp³-hybridized carbons (Fsp3) is 0.415. The number of ether oxygens (including phenoxy) is 5. The van der Waals surface area contributed by atoms with Gasteiger partial charge in [0.15, 0.2) is 0 Å². The maximum atomic E-state index is 12.4. The van der Waals surface area contributed by atoms with Crippen molar-refractivity contribution in [3.8, 4) is 45.6 Å². The van der Waals surface area contributed by atoms with Gasteiger partial charge in [0.05, 0.1) is 32.5 Å². The van der Waals surface area contributed by atoms with Crippen LogP contribution >= 0.6 is 0 Å². The van der Waals surface area contributed by atoms with Gasteiger partial charge in [-0.1, -0.05) is 18.2 Å². The van der Waals surface area contributed by atoms with Crippen LogP contribution in [-0.2, 0) is 24.1 Å². The summed E-state index contributed by atoms with van der Waals surface area (Å²) in [4.78, 5) is 0. The zero-order chi connectivity index (χ0) is 35.6. The number of phenols is 2. The molecule has 0 aromatic heterocycles. The third-order valence-electron chi connectivity index (χ3n) is 10.5. The van der Waals surface area contributed by atoms with Gasteiger partial charge in [0.1, 0.15) is 40.6 Å². The average molecular weight is 698 g/mol. The smallest absolute Gasteiger partial charge is 0.128 e. The highest BCUT2D eigenvalue weighted by Gasteiger charge is 2.48. The predicted molar refractivity (Wildman–Crippen MR) is 192 cm³/mol. The SMILES string of the molecule is CNCc1cc2c(c3c1OCCC3)C(O)C(C1COc3c(Cc4cc(O)ccc4-c4cccc(O)c4)cc(OC)cc3C1O)C(CCCOC)O2. The van der Waals surface area contributed by atoms with Crippen molar-refractivity contribution >= 4 is 0 Å². The Labute approximate surface area is 298 Å². The maximum absolute atomic E-state index is 12.4. The molecule has 0 amide bonds. The first-order valence-corrected chi connectivity index (χ1v) is 17.7. The number of rotatable bonds is 11. The molecule has 0 bridgehead atoms. The summed E-state index contributed by atoms with van der Waals surface area (Å²) >= 11 is 0. The predicted octanol–water partition coefficient (Wildman–Crippen LogP) is 5.99. The fourth-order valence-corrected chi connectivity index (χ4v) is 8.23. The number of fused-ring (bicyclic) bond motifs is 4. The molecule has 0 aliphatic carbocycles. The molecule has 3 aliphatic heterocycles. The van der Waals surface area contributed by atoms with Gasteiger partial charge in [0.2, 0.25) is 0 Å². The molecule has 0 fully saturated rings. The highest BCUT2D eigenvalue weighted by atomic mass is 16.5. The highest BCUT2D eigenvalue weighted by Crippen LogP contribution is 2.53. The molecule has 7 rings (SSSR count). The minimum absolute atomic E-state index is 0.114. The fourth-order valence-electron chi connectivity index (χ4n) is 8.23. The van der Waals surface area contributed by atoms with Crippen molar-refractivity contribution in [2.24, 2.45) is 11.8 Å². The summed E-state index contributed by atoms with van der Waals surface area (Å²) < 4.78 is 30.7. The number of hydrogen-bond acceptors (Lipinski definition) is 10. The summed E-state index contributed by atoms with van der Waals surface area (Å²) in [5.74, 6) is 1.85. The Balaban J connectivity index is 1.26. The van der Waals surface area contributed by atoms with Crippen LogP contribution in [0.25, 0.3) is 11.1 Å². The molecule has 10 nitrogen and oxygen atoms in total. The van der Waals surface area contributed by atoms with E-state index < -0.39 is 30.1 Å². The molecule has 5 N–H and O–H groups in total. The molecule has 5 atom stereocenters. The summed E-state index contributed by atoms with van der Waals surface area (Å²) in [6.07, 6.45) is 0.992. The van der Waals surface area contributed by atoms with Crippen molar-refractivity contribution in [1.82, 2.24) is 5.32 Å². The average Bonchev–Trinajstić information content (AvgIpc) is 3.12. The number of nitrogens with one attached hydrogen (secondary N) is 1. The van der Waals surface area contributed by atoms with Crippen molar-refractivity contribution < 1.29 is 44.1 Å². The summed E-state index contributed by atoms with van der Waals surface area (Å²) in [6.45, 7) is 1.94. The first-order chi connectivity index (χ1) is 24.8. The molecule has 0 spiro atoms. The van der Waals surface area contributed by atoms with E-state index >= 15 is 0 Å². The van der Waals surface area contributed by atoms with Gasteiger partial charge in [-0.05, 0) is 91.9 Å². The van der Waals surface area contributed by atoms with Crippen molar-refractivity contribution in [3.63, 3.8) is 0 Å². The van der Waals surface area contributed by atoms with Crippen LogP contribution < -0.4 is 24.3 Å². The molecule has 0 radical (unpaired) electrons. The Hall–Kier alpha value is -4.48. The second-order valence-electron chi connectivity index (χ2n) is 13.7. The van der Waals surface area contributed by atoms with Crippen molar-refractivity contribution in [3.05, 3.63) is 94.0 Å². The van der Waals surface area contributed by atoms with Gasteiger partial charge in [-0.2, -0.15) is 0 Å². The van der Waals surface area contributed by atoms with E-state index in [2.05, 4.69) is 5.32 Å². The van der Waals surface area contributed by atoms with Gasteiger partial charge in [-0.3, -0.25) is 0 Å². The van der Waals surface area contributed by atoms with E-state index in [9.17, 15) is 20.4 Å². The van der Waals surface area contributed by atoms with Crippen LogP contribution in [0.3, 0.4) is 0 Å². The van der Waals surface area contributed by atoms with E-state index in [1.807, 2.05) is 31.3 Å². The number of phenolic OH excluding ortho intramolecular Hbond substituents is 2. The maximum Gasteiger partial charge on any atom is 0.128 e. The van der Waals surface area contributed by atoms with Crippen molar-refractivity contribution in [1.29, 1.82) is 0 Å². The van der Waals surface area contributed by atoms with Crippen LogP contribution in [-0.4, -0.2) is 67.6 Å². The molecule has 10 heteroatoms. The Morgan fingerprint density at radius 2 is 1.73 bits per heavy atom. The van der Waals surface area contributed by atoms with Crippen molar-refractivity contribution in [2.75, 3.05) is 41.1 Å². The van der Waals surface area contributed by atoms with Crippen LogP contribution in [0.4, 0.5) is 0 Å². The summed E-state index contributed by atoms with van der Waals surface area (Å²) in [7, 11) is 5.15. The van der Waals surface area contributed by atoms with Crippen LogP contribution in [0.15, 0.2) is 60.7 Å². The van der Waals surface area contributed by atoms with Gasteiger partial charge in [-0.25, -0.2) is 0 Å². The summed E-state index contributed by atoms with van der Waals surface area (Å²) in [6, 6.07) is 17.8. The van der Waals surface area contributed by atoms with Gasteiger partial charge >= 0.3 is 0 Å². The van der Waals surface area contributed by atoms with Crippen LogP contribution in [0, 0.1) is 11.8 Å². The molecule has 51 heavy (non-hydrogen) atoms. The molecule has 0 saturated carbocycles. The molecule has 0 saturated heterocycles. The second kappa shape index (κ2) is 15.0. The van der Waals surface area contributed by atoms with Crippen molar-refractivity contribution in [2.45, 2.75) is 57.0 Å². The summed E-state index contributed by atoms with van der Waals surface area (Å²) in [5.41, 5.74) is 6.53. The van der Waals surface area contributed by atoms with E-state index in [-0.39, 0.29) is 18.1 Å². The normalized spacial score (nSPS) is 22.1. The highest BCUT2D eigenvalue weighted by molar-refractivity contribution is 5.71. The first-order valence-electron chi connectivity index (χ1n) is 17.7. The molecule has 3 heterocycles. The Bertz CT molecular complexity index is 1880. The van der Waals surface area contributed by atoms with E-state index in [1.165, 1.54) is 0 Å². The van der Waals surface area contributed by atoms with Crippen LogP contribution in [0.2, 0.25) is 0 Å². The number of aliphatic hydroxyl groups is 2. The Kier molecular flexibility index (Phi) is 10.3. The minimum atomic E-state index is -0.998. The zero-order valence-corrected chi connectivity index (χ0v) is 29.4. The number of aromatic hydroxyl groups is 2. The molecule has 3 aliphatic rings. The summed E-state index contributed by atoms with van der Waals surface area (Å²) in [5, 5.41) is 48.5. The molecule has 5 unspecified atom stereocenters. The quantitative estimate of drug-likeness (QED) is 0.119. The molecule has 4 aromatic rings. The monoisotopic (exact) mass is 697 g/mol. The Morgan fingerprint density at radius 3 is 2.51 bits per heavy atom. The van der Waals surface area contributed by atoms with E-state index in [4.69, 9.17) is 23.7 Å². The molecule has 4 aromatic carbocycles. The lowest BCUT2D eigenvalue weighted by Crippen LogP contribution is -2.46. The number of aliphatic hydroxyl groups excluding tert-OH is 2. The first kappa shape index (κ1) is 34.9. The van der Waals surface area contributed by atoms with Gasteiger partial charge in [0.25, 0.3) is 0 Å². The van der Waals surface area contributed by atoms with E-state index in [0.29, 0.717) is 55.4 Å². The van der Waals surface area contributed by atoms with Gasteiger partial charge in [-0.15, -0.1) is 0 Å². The molecular formula is C41H47NO9. The standard InChI is InChI=1S/C41H47NO9/c1-42-21-26-19-35-36(31-9-5-14-49-41(26)31)39(46)37(34(51-35)10-6-13-47-2)33-22-50-40-25(18-29(48-3)20-32(40)38(33)45)15-24-17-28(44)11-12-30(24)23-7-4-8-27(43)16-23/h4,7-8,11-12,16-20,33-34,37-39,42-46H,5-6,9-10,13-15,21-22H2,1-3H3. The van der Waals surface area contributed by atoms with Crippen LogP contribution in [0.1, 0.15) is 64.9 Å². The van der Waals surface area contributed by atoms with Gasteiger partial charge < -0.3 is 49.4 Å². The number of hydrogen-bond donors (Lipinski definition) is 5. The zero-order valence-electron chi connectivity index (χ0n) is 29.4. The van der Waals surface area contributed by atoms with E-state index in [0.717, 1.165) is 64.0 Å². The van der Waals surface area contributed by atoms with Gasteiger partial charge in [0, 0.05) is 66.3 Å². The lowest BCUT2D eigenvalue weighted by atomic mass is 9.71. The number of benzene rings is 4. The van der Waals surface area contributed by atoms with Crippen LogP contribution in [0.5, 0.6) is 34.5 Å². The Morgan fingerprint density at radius 1 is 0.882 bits per heavy atom. The minimum Gasteiger partial charge on any atom is -0.508 e. The lowest BCUT2D eigenvalue weighted by Gasteiger charge is -2.46. The molecule has 270 valence electrons. The second-order valence-corrected chi connectivity index (χ2v) is 13.7. The van der Waals surface area contributed by atoms with E-state index in [1.54, 1.807) is 50.6 Å². The topological polar surface area (TPSA) is 139 Å². The lowest BCUT2D eigenvalue weighted by molar-refractivity contribution is -0.0894. The third kappa shape index (κ3) is 6.81.